The lowest BCUT2D eigenvalue weighted by Crippen LogP contribution is -2.41. The molecule has 1 aromatic carbocycles. The van der Waals surface area contributed by atoms with Crippen LogP contribution in [0.1, 0.15) is 31.3 Å². The minimum atomic E-state index is -0.300. The van der Waals surface area contributed by atoms with Crippen LogP contribution in [0.3, 0.4) is 0 Å². The first-order chi connectivity index (χ1) is 8.28. The van der Waals surface area contributed by atoms with Crippen LogP contribution in [0.25, 0.3) is 10.9 Å². The van der Waals surface area contributed by atoms with Crippen LogP contribution < -0.4 is 5.32 Å². The van der Waals surface area contributed by atoms with Crippen molar-refractivity contribution >= 4 is 16.8 Å². The third-order valence-electron chi connectivity index (χ3n) is 2.73. The summed E-state index contributed by atoms with van der Waals surface area (Å²) in [6.45, 7) is 5.77. The molecule has 0 unspecified atom stereocenters. The average molecular weight is 248 g/mol. The maximum atomic E-state index is 13.2. The number of hydrogen-bond acceptors (Lipinski definition) is 1. The lowest BCUT2D eigenvalue weighted by molar-refractivity contribution is 0.0911. The maximum absolute atomic E-state index is 13.2. The lowest BCUT2D eigenvalue weighted by atomic mass is 10.1. The Balaban J connectivity index is 2.46. The van der Waals surface area contributed by atoms with Gasteiger partial charge >= 0.3 is 0 Å². The fourth-order valence-electron chi connectivity index (χ4n) is 1.93. The van der Waals surface area contributed by atoms with Gasteiger partial charge in [-0.15, -0.1) is 0 Å². The Kier molecular flexibility index (Phi) is 2.89. The molecule has 0 fully saturated rings. The van der Waals surface area contributed by atoms with Gasteiger partial charge in [0.1, 0.15) is 11.5 Å². The van der Waals surface area contributed by atoms with E-state index in [2.05, 4.69) is 5.32 Å². The Morgan fingerprint density at radius 2 is 1.94 bits per heavy atom. The zero-order valence-corrected chi connectivity index (χ0v) is 11.0. The Morgan fingerprint density at radius 1 is 1.28 bits per heavy atom. The van der Waals surface area contributed by atoms with Crippen LogP contribution in [0, 0.1) is 5.82 Å². The number of aryl methyl sites for hydroxylation is 1. The molecule has 1 amide bonds. The number of aromatic nitrogens is 1. The summed E-state index contributed by atoms with van der Waals surface area (Å²) < 4.78 is 14.9. The van der Waals surface area contributed by atoms with Gasteiger partial charge in [-0.3, -0.25) is 4.79 Å². The van der Waals surface area contributed by atoms with Crippen molar-refractivity contribution in [3.8, 4) is 0 Å². The Labute approximate surface area is 106 Å². The van der Waals surface area contributed by atoms with E-state index in [0.29, 0.717) is 11.2 Å². The summed E-state index contributed by atoms with van der Waals surface area (Å²) in [5, 5.41) is 3.76. The molecule has 0 aliphatic heterocycles. The van der Waals surface area contributed by atoms with Crippen molar-refractivity contribution in [1.82, 2.24) is 9.88 Å². The summed E-state index contributed by atoms with van der Waals surface area (Å²) in [5.74, 6) is -0.451. The predicted molar refractivity (Wildman–Crippen MR) is 70.1 cm³/mol. The topological polar surface area (TPSA) is 34.0 Å². The molecule has 2 aromatic rings. The van der Waals surface area contributed by atoms with Crippen molar-refractivity contribution in [2.24, 2.45) is 7.05 Å². The number of nitrogens with one attached hydrogen (secondary N) is 1. The Bertz CT molecular complexity index is 608. The lowest BCUT2D eigenvalue weighted by Gasteiger charge is -2.20. The fourth-order valence-corrected chi connectivity index (χ4v) is 1.93. The van der Waals surface area contributed by atoms with Gasteiger partial charge in [0.2, 0.25) is 0 Å². The molecule has 0 radical (unpaired) electrons. The van der Waals surface area contributed by atoms with E-state index >= 15 is 0 Å². The molecule has 0 atom stereocenters. The van der Waals surface area contributed by atoms with E-state index in [-0.39, 0.29) is 17.3 Å². The highest BCUT2D eigenvalue weighted by molar-refractivity contribution is 5.99. The molecular formula is C14H17FN2O. The van der Waals surface area contributed by atoms with Crippen LogP contribution in [0.2, 0.25) is 0 Å². The molecule has 0 aliphatic carbocycles. The van der Waals surface area contributed by atoms with Crippen molar-refractivity contribution in [3.05, 3.63) is 35.8 Å². The van der Waals surface area contributed by atoms with Gasteiger partial charge in [0.25, 0.3) is 5.91 Å². The van der Waals surface area contributed by atoms with Crippen molar-refractivity contribution in [2.75, 3.05) is 0 Å². The first-order valence-electron chi connectivity index (χ1n) is 5.85. The van der Waals surface area contributed by atoms with E-state index < -0.39 is 0 Å². The summed E-state index contributed by atoms with van der Waals surface area (Å²) in [7, 11) is 1.76. The van der Waals surface area contributed by atoms with E-state index in [0.717, 1.165) is 5.39 Å². The van der Waals surface area contributed by atoms with E-state index in [4.69, 9.17) is 0 Å². The predicted octanol–water partition coefficient (Wildman–Crippen LogP) is 2.85. The number of benzene rings is 1. The second kappa shape index (κ2) is 4.12. The van der Waals surface area contributed by atoms with E-state index in [1.165, 1.54) is 12.1 Å². The minimum absolute atomic E-state index is 0.151. The van der Waals surface area contributed by atoms with Crippen LogP contribution in [0.4, 0.5) is 4.39 Å². The zero-order valence-electron chi connectivity index (χ0n) is 11.0. The van der Waals surface area contributed by atoms with Crippen molar-refractivity contribution in [2.45, 2.75) is 26.3 Å². The van der Waals surface area contributed by atoms with Gasteiger partial charge in [-0.25, -0.2) is 4.39 Å². The van der Waals surface area contributed by atoms with Gasteiger partial charge in [-0.2, -0.15) is 0 Å². The summed E-state index contributed by atoms with van der Waals surface area (Å²) >= 11 is 0. The molecule has 18 heavy (non-hydrogen) atoms. The number of rotatable bonds is 1. The monoisotopic (exact) mass is 248 g/mol. The van der Waals surface area contributed by atoms with Crippen molar-refractivity contribution in [1.29, 1.82) is 0 Å². The van der Waals surface area contributed by atoms with Gasteiger partial charge in [-0.05, 0) is 45.0 Å². The van der Waals surface area contributed by atoms with Crippen LogP contribution in [-0.2, 0) is 7.05 Å². The second-order valence-electron chi connectivity index (χ2n) is 5.50. The molecular weight excluding hydrogens is 231 g/mol. The van der Waals surface area contributed by atoms with E-state index in [1.807, 2.05) is 20.8 Å². The molecule has 1 aromatic heterocycles. The standard InChI is InChI=1S/C14H17FN2O/c1-14(2,3)16-13(18)12-7-9-5-6-10(15)8-11(9)17(12)4/h5-8H,1-4H3,(H,16,18). The Morgan fingerprint density at radius 3 is 2.56 bits per heavy atom. The maximum Gasteiger partial charge on any atom is 0.268 e. The van der Waals surface area contributed by atoms with Crippen LogP contribution in [0.15, 0.2) is 24.3 Å². The highest BCUT2D eigenvalue weighted by Crippen LogP contribution is 2.20. The highest BCUT2D eigenvalue weighted by Gasteiger charge is 2.18. The number of amides is 1. The summed E-state index contributed by atoms with van der Waals surface area (Å²) in [4.78, 5) is 12.1. The quantitative estimate of drug-likeness (QED) is 0.827. The first-order valence-corrected chi connectivity index (χ1v) is 5.85. The molecule has 3 nitrogen and oxygen atoms in total. The SMILES string of the molecule is Cn1c(C(=O)NC(C)(C)C)cc2ccc(F)cc21. The molecule has 0 saturated carbocycles. The van der Waals surface area contributed by atoms with Crippen LogP contribution in [-0.4, -0.2) is 16.0 Å². The first kappa shape index (κ1) is 12.6. The van der Waals surface area contributed by atoms with Gasteiger partial charge in [0, 0.05) is 18.0 Å². The summed E-state index contributed by atoms with van der Waals surface area (Å²) in [6.07, 6.45) is 0. The van der Waals surface area contributed by atoms with Crippen molar-refractivity contribution < 1.29 is 9.18 Å². The normalized spacial score (nSPS) is 11.8. The number of nitrogens with zero attached hydrogens (tertiary/aromatic N) is 1. The molecule has 0 spiro atoms. The molecule has 4 heteroatoms. The number of fused-ring (bicyclic) bond motifs is 1. The van der Waals surface area contributed by atoms with Crippen LogP contribution in [0.5, 0.6) is 0 Å². The van der Waals surface area contributed by atoms with Gasteiger partial charge in [0.05, 0.1) is 5.52 Å². The number of carbonyl (C=O) groups is 1. The average Bonchev–Trinajstić information content (AvgIpc) is 2.54. The molecule has 0 bridgehead atoms. The molecule has 1 heterocycles. The zero-order chi connectivity index (χ0) is 13.5. The molecule has 1 N–H and O–H groups in total. The van der Waals surface area contributed by atoms with Gasteiger partial charge in [-0.1, -0.05) is 0 Å². The van der Waals surface area contributed by atoms with Gasteiger partial charge < -0.3 is 9.88 Å². The van der Waals surface area contributed by atoms with Crippen LogP contribution >= 0.6 is 0 Å². The smallest absolute Gasteiger partial charge is 0.268 e. The minimum Gasteiger partial charge on any atom is -0.346 e. The molecule has 0 aliphatic rings. The third-order valence-corrected chi connectivity index (χ3v) is 2.73. The highest BCUT2D eigenvalue weighted by atomic mass is 19.1. The molecule has 96 valence electrons. The largest absolute Gasteiger partial charge is 0.346 e. The van der Waals surface area contributed by atoms with E-state index in [9.17, 15) is 9.18 Å². The molecule has 2 rings (SSSR count). The molecule has 0 saturated heterocycles. The number of hydrogen-bond donors (Lipinski definition) is 1. The third kappa shape index (κ3) is 2.37. The summed E-state index contributed by atoms with van der Waals surface area (Å²) in [6, 6.07) is 6.28. The number of halogens is 1. The number of carbonyl (C=O) groups excluding carboxylic acids is 1. The van der Waals surface area contributed by atoms with Gasteiger partial charge in [0.15, 0.2) is 0 Å². The second-order valence-corrected chi connectivity index (χ2v) is 5.50. The van der Waals surface area contributed by atoms with Crippen molar-refractivity contribution in [3.63, 3.8) is 0 Å². The Hall–Kier alpha value is -1.84. The fraction of sp³-hybridized carbons (Fsp3) is 0.357. The van der Waals surface area contributed by atoms with E-state index in [1.54, 1.807) is 23.7 Å². The summed E-state index contributed by atoms with van der Waals surface area (Å²) in [5.41, 5.74) is 0.957.